The van der Waals surface area contributed by atoms with Crippen molar-refractivity contribution >= 4 is 24.1 Å². The average Bonchev–Trinajstić information content (AvgIpc) is 2.61. The van der Waals surface area contributed by atoms with E-state index in [1.165, 1.54) is 12.2 Å². The average molecular weight is 336 g/mol. The second-order valence-electron chi connectivity index (χ2n) is 5.15. The van der Waals surface area contributed by atoms with Crippen molar-refractivity contribution < 1.29 is 28.7 Å². The normalized spacial score (nSPS) is 19.3. The summed E-state index contributed by atoms with van der Waals surface area (Å²) in [6, 6.07) is 0. The van der Waals surface area contributed by atoms with Crippen LogP contribution in [0.3, 0.4) is 0 Å². The fourth-order valence-corrected chi connectivity index (χ4v) is 2.45. The van der Waals surface area contributed by atoms with Crippen LogP contribution in [0, 0.1) is 11.8 Å². The summed E-state index contributed by atoms with van der Waals surface area (Å²) in [6.07, 6.45) is 6.27. The molecule has 0 N–H and O–H groups in total. The Morgan fingerprint density at radius 3 is 2.12 bits per heavy atom. The van der Waals surface area contributed by atoms with Gasteiger partial charge >= 0.3 is 11.9 Å². The van der Waals surface area contributed by atoms with Crippen LogP contribution in [0.4, 0.5) is 0 Å². The molecule has 0 fully saturated rings. The molecule has 0 spiro atoms. The van der Waals surface area contributed by atoms with Crippen LogP contribution >= 0.6 is 0 Å². The molecule has 0 aromatic carbocycles. The third-order valence-corrected chi connectivity index (χ3v) is 3.71. The molecule has 130 valence electrons. The van der Waals surface area contributed by atoms with E-state index in [9.17, 15) is 19.2 Å². The van der Waals surface area contributed by atoms with Crippen LogP contribution in [0.25, 0.3) is 0 Å². The number of carbonyl (C=O) groups is 2. The van der Waals surface area contributed by atoms with Gasteiger partial charge in [0.2, 0.25) is 12.2 Å². The number of esters is 2. The summed E-state index contributed by atoms with van der Waals surface area (Å²) in [6.45, 7) is 1.98. The van der Waals surface area contributed by atoms with Gasteiger partial charge in [-0.15, -0.1) is 0 Å². The molecule has 2 unspecified atom stereocenters. The summed E-state index contributed by atoms with van der Waals surface area (Å²) < 4.78 is 10.1. The van der Waals surface area contributed by atoms with Crippen molar-refractivity contribution in [3.8, 4) is 0 Å². The molecule has 0 radical (unpaired) electrons. The summed E-state index contributed by atoms with van der Waals surface area (Å²) in [5.74, 6) is -2.30. The molecule has 24 heavy (non-hydrogen) atoms. The molecule has 0 saturated carbocycles. The molecule has 0 bridgehead atoms. The first-order chi connectivity index (χ1) is 11.6. The fourth-order valence-electron chi connectivity index (χ4n) is 2.45. The van der Waals surface area contributed by atoms with Crippen molar-refractivity contribution in [3.05, 3.63) is 11.6 Å². The summed E-state index contributed by atoms with van der Waals surface area (Å²) in [7, 11) is 0. The molecule has 1 aliphatic rings. The Morgan fingerprint density at radius 1 is 1.08 bits per heavy atom. The second-order valence-corrected chi connectivity index (χ2v) is 5.15. The first-order valence-electron chi connectivity index (χ1n) is 7.72. The molecule has 0 aromatic heterocycles. The number of hydrogen-bond acceptors (Lipinski definition) is 8. The summed E-state index contributed by atoms with van der Waals surface area (Å²) in [5, 5.41) is 0. The minimum Gasteiger partial charge on any atom is -0.463 e. The van der Waals surface area contributed by atoms with Gasteiger partial charge in [-0.3, -0.25) is 9.59 Å². The quantitative estimate of drug-likeness (QED) is 0.205. The van der Waals surface area contributed by atoms with E-state index in [-0.39, 0.29) is 26.3 Å². The number of isocyanates is 2. The van der Waals surface area contributed by atoms with Crippen LogP contribution in [-0.4, -0.2) is 50.4 Å². The maximum absolute atomic E-state index is 12.2. The van der Waals surface area contributed by atoms with Gasteiger partial charge in [-0.1, -0.05) is 18.6 Å². The number of nitrogens with zero attached hydrogens (tertiary/aromatic N) is 2. The molecule has 1 rings (SSSR count). The first-order valence-corrected chi connectivity index (χ1v) is 7.72. The highest BCUT2D eigenvalue weighted by molar-refractivity contribution is 5.83. The van der Waals surface area contributed by atoms with Gasteiger partial charge in [0.25, 0.3) is 0 Å². The van der Waals surface area contributed by atoms with Crippen LogP contribution in [0.15, 0.2) is 21.6 Å². The molecule has 1 aliphatic carbocycles. The van der Waals surface area contributed by atoms with Crippen molar-refractivity contribution in [1.29, 1.82) is 0 Å². The van der Waals surface area contributed by atoms with E-state index in [0.29, 0.717) is 12.8 Å². The van der Waals surface area contributed by atoms with Crippen LogP contribution in [0.5, 0.6) is 0 Å². The number of aliphatic imine (C=N–C) groups is 2. The molecule has 0 saturated heterocycles. The van der Waals surface area contributed by atoms with Crippen LogP contribution in [0.2, 0.25) is 0 Å². The highest BCUT2D eigenvalue weighted by atomic mass is 16.5. The predicted molar refractivity (Wildman–Crippen MR) is 82.5 cm³/mol. The SMILES string of the molecule is CCC1=CCC(C(=O)OCCN=C=O)C(C(=O)OCCN=C=O)C1. The largest absolute Gasteiger partial charge is 0.463 e. The van der Waals surface area contributed by atoms with Crippen LogP contribution < -0.4 is 0 Å². The minimum atomic E-state index is -0.636. The van der Waals surface area contributed by atoms with E-state index in [1.54, 1.807) is 0 Å². The Morgan fingerprint density at radius 2 is 1.62 bits per heavy atom. The van der Waals surface area contributed by atoms with Crippen LogP contribution in [-0.2, 0) is 28.7 Å². The molecular weight excluding hydrogens is 316 g/mol. The van der Waals surface area contributed by atoms with E-state index in [4.69, 9.17) is 9.47 Å². The third-order valence-electron chi connectivity index (χ3n) is 3.71. The Bertz CT molecular complexity index is 573. The van der Waals surface area contributed by atoms with E-state index in [0.717, 1.165) is 12.0 Å². The summed E-state index contributed by atoms with van der Waals surface area (Å²) in [5.41, 5.74) is 1.08. The maximum Gasteiger partial charge on any atom is 0.310 e. The number of hydrogen-bond donors (Lipinski definition) is 0. The molecule has 0 aromatic rings. The molecule has 8 nitrogen and oxygen atoms in total. The van der Waals surface area contributed by atoms with Crippen LogP contribution in [0.1, 0.15) is 26.2 Å². The van der Waals surface area contributed by atoms with E-state index in [1.807, 2.05) is 13.0 Å². The Hall–Kier alpha value is -2.56. The Balaban J connectivity index is 2.68. The zero-order chi connectivity index (χ0) is 17.8. The fraction of sp³-hybridized carbons (Fsp3) is 0.625. The molecule has 8 heteroatoms. The van der Waals surface area contributed by atoms with Crippen molar-refractivity contribution in [2.24, 2.45) is 21.8 Å². The smallest absolute Gasteiger partial charge is 0.310 e. The van der Waals surface area contributed by atoms with Crippen molar-refractivity contribution in [3.63, 3.8) is 0 Å². The van der Waals surface area contributed by atoms with Crippen molar-refractivity contribution in [2.75, 3.05) is 26.3 Å². The first kappa shape index (κ1) is 19.5. The Labute approximate surface area is 139 Å². The van der Waals surface area contributed by atoms with E-state index in [2.05, 4.69) is 9.98 Å². The lowest BCUT2D eigenvalue weighted by molar-refractivity contribution is -0.160. The molecular formula is C16H20N2O6. The van der Waals surface area contributed by atoms with Crippen molar-refractivity contribution in [2.45, 2.75) is 26.2 Å². The molecule has 0 aliphatic heterocycles. The van der Waals surface area contributed by atoms with Gasteiger partial charge in [-0.25, -0.2) is 19.6 Å². The highest BCUT2D eigenvalue weighted by Gasteiger charge is 2.38. The summed E-state index contributed by atoms with van der Waals surface area (Å²) in [4.78, 5) is 51.0. The molecule has 2 atom stereocenters. The zero-order valence-electron chi connectivity index (χ0n) is 13.5. The van der Waals surface area contributed by atoms with Gasteiger partial charge in [0, 0.05) is 0 Å². The summed E-state index contributed by atoms with van der Waals surface area (Å²) >= 11 is 0. The Kier molecular flexibility index (Phi) is 8.97. The maximum atomic E-state index is 12.2. The second kappa shape index (κ2) is 11.0. The number of ether oxygens (including phenoxy) is 2. The highest BCUT2D eigenvalue weighted by Crippen LogP contribution is 2.33. The standard InChI is InChI=1S/C16H20N2O6/c1-2-12-3-4-13(15(21)23-7-5-17-10-19)14(9-12)16(22)24-8-6-18-11-20/h3,13-14H,2,4-9H2,1H3. The van der Waals surface area contributed by atoms with Gasteiger partial charge in [0.15, 0.2) is 0 Å². The molecule has 0 amide bonds. The number of rotatable bonds is 9. The zero-order valence-corrected chi connectivity index (χ0v) is 13.5. The lowest BCUT2D eigenvalue weighted by Gasteiger charge is -2.28. The van der Waals surface area contributed by atoms with E-state index < -0.39 is 23.8 Å². The lowest BCUT2D eigenvalue weighted by Crippen LogP contribution is -2.35. The number of carbonyl (C=O) groups excluding carboxylic acids is 4. The monoisotopic (exact) mass is 336 g/mol. The van der Waals surface area contributed by atoms with Crippen molar-refractivity contribution in [1.82, 2.24) is 0 Å². The topological polar surface area (TPSA) is 111 Å². The van der Waals surface area contributed by atoms with E-state index >= 15 is 0 Å². The van der Waals surface area contributed by atoms with Gasteiger partial charge in [-0.2, -0.15) is 0 Å². The molecule has 0 heterocycles. The third kappa shape index (κ3) is 6.28. The van der Waals surface area contributed by atoms with Gasteiger partial charge < -0.3 is 9.47 Å². The number of allylic oxidation sites excluding steroid dienone is 2. The van der Waals surface area contributed by atoms with Gasteiger partial charge in [0.1, 0.15) is 13.2 Å². The predicted octanol–water partition coefficient (Wildman–Crippen LogP) is 1.11. The van der Waals surface area contributed by atoms with Gasteiger partial charge in [-0.05, 0) is 19.3 Å². The van der Waals surface area contributed by atoms with Gasteiger partial charge in [0.05, 0.1) is 24.9 Å². The minimum absolute atomic E-state index is 0.0361. The lowest BCUT2D eigenvalue weighted by atomic mass is 9.79.